The summed E-state index contributed by atoms with van der Waals surface area (Å²) in [6.07, 6.45) is 0.741. The van der Waals surface area contributed by atoms with Crippen LogP contribution >= 0.6 is 22.9 Å². The molecule has 8 nitrogen and oxygen atoms in total. The number of anilines is 1. The Morgan fingerprint density at radius 1 is 0.935 bits per heavy atom. The number of para-hydroxylation sites is 1. The van der Waals surface area contributed by atoms with Crippen LogP contribution in [0.1, 0.15) is 4.88 Å². The fraction of sp³-hybridized carbons (Fsp3) is 0.381. The lowest BCUT2D eigenvalue weighted by Crippen LogP contribution is -2.52. The van der Waals surface area contributed by atoms with Gasteiger partial charge in [0, 0.05) is 37.6 Å². The number of benzene rings is 1. The molecule has 3 N–H and O–H groups in total. The first-order valence-corrected chi connectivity index (χ1v) is 11.3. The van der Waals surface area contributed by atoms with Gasteiger partial charge in [0.1, 0.15) is 0 Å². The van der Waals surface area contributed by atoms with Crippen molar-refractivity contribution in [3.63, 3.8) is 0 Å². The number of thiophene rings is 1. The summed E-state index contributed by atoms with van der Waals surface area (Å²) < 4.78 is 0. The van der Waals surface area contributed by atoms with Gasteiger partial charge in [-0.05, 0) is 30.0 Å². The molecule has 2 heterocycles. The zero-order valence-electron chi connectivity index (χ0n) is 17.1. The molecule has 1 aliphatic rings. The van der Waals surface area contributed by atoms with Gasteiger partial charge in [-0.25, -0.2) is 4.79 Å². The Balaban J connectivity index is 1.30. The van der Waals surface area contributed by atoms with Crippen molar-refractivity contribution in [2.24, 2.45) is 0 Å². The molecule has 0 bridgehead atoms. The second kappa shape index (κ2) is 11.8. The zero-order valence-corrected chi connectivity index (χ0v) is 18.7. The Labute approximate surface area is 190 Å². The maximum Gasteiger partial charge on any atom is 0.321 e. The van der Waals surface area contributed by atoms with E-state index in [1.807, 2.05) is 39.4 Å². The normalized spacial score (nSPS) is 14.7. The van der Waals surface area contributed by atoms with Crippen molar-refractivity contribution < 1.29 is 14.4 Å². The van der Waals surface area contributed by atoms with E-state index in [2.05, 4.69) is 16.0 Å². The van der Waals surface area contributed by atoms with E-state index < -0.39 is 6.03 Å². The van der Waals surface area contributed by atoms with Crippen molar-refractivity contribution in [3.8, 4) is 0 Å². The number of carbonyl (C=O) groups excluding carboxylic acids is 3. The minimum atomic E-state index is -0.476. The van der Waals surface area contributed by atoms with Crippen molar-refractivity contribution in [2.45, 2.75) is 6.42 Å². The molecule has 1 aromatic carbocycles. The third-order valence-electron chi connectivity index (χ3n) is 4.84. The van der Waals surface area contributed by atoms with Gasteiger partial charge in [0.15, 0.2) is 0 Å². The zero-order chi connectivity index (χ0) is 22.1. The average Bonchev–Trinajstić information content (AvgIpc) is 3.24. The number of halogens is 1. The molecule has 2 aromatic rings. The van der Waals surface area contributed by atoms with Crippen LogP contribution in [0.2, 0.25) is 5.02 Å². The smallest absolute Gasteiger partial charge is 0.321 e. The summed E-state index contributed by atoms with van der Waals surface area (Å²) in [5.41, 5.74) is 0.595. The molecule has 4 amide bonds. The van der Waals surface area contributed by atoms with Gasteiger partial charge in [0.05, 0.1) is 23.8 Å². The van der Waals surface area contributed by atoms with E-state index in [-0.39, 0.29) is 24.9 Å². The van der Waals surface area contributed by atoms with E-state index >= 15 is 0 Å². The van der Waals surface area contributed by atoms with E-state index in [1.165, 1.54) is 4.88 Å². The number of nitrogens with one attached hydrogen (secondary N) is 3. The highest BCUT2D eigenvalue weighted by Gasteiger charge is 2.21. The second-order valence-electron chi connectivity index (χ2n) is 7.21. The molecule has 3 rings (SSSR count). The molecular formula is C21H26ClN5O3S. The molecule has 0 unspecified atom stereocenters. The molecular weight excluding hydrogens is 438 g/mol. The molecule has 0 aliphatic carbocycles. The molecule has 31 heavy (non-hydrogen) atoms. The standard InChI is InChI=1S/C21H26ClN5O3S/c22-17-5-1-2-6-18(17)24-19(28)14-26-9-11-27(12-10-26)15-20(29)25-21(30)23-8-7-16-4-3-13-31-16/h1-6,13H,7-12,14-15H2,(H,24,28)(H2,23,25,29,30). The van der Waals surface area contributed by atoms with Crippen LogP contribution in [0.25, 0.3) is 0 Å². The number of urea groups is 1. The number of piperazine rings is 1. The SMILES string of the molecule is O=C(CN1CCN(CC(=O)Nc2ccccc2Cl)CC1)NC(=O)NCCc1cccs1. The predicted octanol–water partition coefficient (Wildman–Crippen LogP) is 2.03. The molecule has 0 radical (unpaired) electrons. The Bertz CT molecular complexity index is 885. The van der Waals surface area contributed by atoms with Crippen molar-refractivity contribution in [3.05, 3.63) is 51.7 Å². The molecule has 1 saturated heterocycles. The molecule has 0 saturated carbocycles. The number of carbonyl (C=O) groups is 3. The van der Waals surface area contributed by atoms with Gasteiger partial charge < -0.3 is 10.6 Å². The van der Waals surface area contributed by atoms with Gasteiger partial charge in [-0.1, -0.05) is 29.8 Å². The highest BCUT2D eigenvalue weighted by Crippen LogP contribution is 2.20. The van der Waals surface area contributed by atoms with Gasteiger partial charge in [-0.3, -0.25) is 24.7 Å². The Hall–Kier alpha value is -2.46. The minimum absolute atomic E-state index is 0.126. The summed E-state index contributed by atoms with van der Waals surface area (Å²) in [5.74, 6) is -0.461. The second-order valence-corrected chi connectivity index (χ2v) is 8.65. The third-order valence-corrected chi connectivity index (χ3v) is 6.10. The van der Waals surface area contributed by atoms with Crippen molar-refractivity contribution >= 4 is 46.5 Å². The number of hydrogen-bond acceptors (Lipinski definition) is 6. The maximum atomic E-state index is 12.2. The van der Waals surface area contributed by atoms with E-state index in [1.54, 1.807) is 23.5 Å². The average molecular weight is 464 g/mol. The van der Waals surface area contributed by atoms with Gasteiger partial charge in [-0.15, -0.1) is 11.3 Å². The maximum absolute atomic E-state index is 12.2. The van der Waals surface area contributed by atoms with Crippen LogP contribution in [-0.4, -0.2) is 73.5 Å². The van der Waals surface area contributed by atoms with E-state index in [9.17, 15) is 14.4 Å². The van der Waals surface area contributed by atoms with Crippen LogP contribution in [0.15, 0.2) is 41.8 Å². The molecule has 1 fully saturated rings. The fourth-order valence-corrected chi connectivity index (χ4v) is 4.12. The lowest BCUT2D eigenvalue weighted by molar-refractivity contribution is -0.122. The quantitative estimate of drug-likeness (QED) is 0.557. The summed E-state index contributed by atoms with van der Waals surface area (Å²) in [5, 5.41) is 10.4. The van der Waals surface area contributed by atoms with Crippen molar-refractivity contribution in [2.75, 3.05) is 51.1 Å². The number of imide groups is 1. The minimum Gasteiger partial charge on any atom is -0.337 e. The third kappa shape index (κ3) is 7.95. The van der Waals surface area contributed by atoms with Crippen LogP contribution in [0.5, 0.6) is 0 Å². The van der Waals surface area contributed by atoms with Crippen LogP contribution in [0.4, 0.5) is 10.5 Å². The van der Waals surface area contributed by atoms with E-state index in [0.717, 1.165) is 6.42 Å². The summed E-state index contributed by atoms with van der Waals surface area (Å²) in [7, 11) is 0. The monoisotopic (exact) mass is 463 g/mol. The molecule has 0 atom stereocenters. The Kier molecular flexibility index (Phi) is 8.84. The topological polar surface area (TPSA) is 93.8 Å². The van der Waals surface area contributed by atoms with Crippen LogP contribution in [0.3, 0.4) is 0 Å². The summed E-state index contributed by atoms with van der Waals surface area (Å²) in [6, 6.07) is 10.6. The Morgan fingerprint density at radius 3 is 2.26 bits per heavy atom. The van der Waals surface area contributed by atoms with E-state index in [0.29, 0.717) is 43.4 Å². The number of amides is 4. The van der Waals surface area contributed by atoms with Crippen LogP contribution in [0, 0.1) is 0 Å². The first kappa shape index (κ1) is 23.2. The van der Waals surface area contributed by atoms with Crippen molar-refractivity contribution in [1.82, 2.24) is 20.4 Å². The van der Waals surface area contributed by atoms with Crippen LogP contribution in [-0.2, 0) is 16.0 Å². The highest BCUT2D eigenvalue weighted by atomic mass is 35.5. The fourth-order valence-electron chi connectivity index (χ4n) is 3.23. The van der Waals surface area contributed by atoms with Crippen LogP contribution < -0.4 is 16.0 Å². The molecule has 1 aliphatic heterocycles. The Morgan fingerprint density at radius 2 is 1.61 bits per heavy atom. The van der Waals surface area contributed by atoms with Gasteiger partial charge in [-0.2, -0.15) is 0 Å². The first-order valence-electron chi connectivity index (χ1n) is 10.1. The molecule has 1 aromatic heterocycles. The number of rotatable bonds is 8. The van der Waals surface area contributed by atoms with Gasteiger partial charge in [0.25, 0.3) is 0 Å². The largest absolute Gasteiger partial charge is 0.337 e. The lowest BCUT2D eigenvalue weighted by Gasteiger charge is -2.33. The predicted molar refractivity (Wildman–Crippen MR) is 123 cm³/mol. The van der Waals surface area contributed by atoms with Gasteiger partial charge >= 0.3 is 6.03 Å². The summed E-state index contributed by atoms with van der Waals surface area (Å²) in [4.78, 5) is 41.4. The lowest BCUT2D eigenvalue weighted by atomic mass is 10.3. The van der Waals surface area contributed by atoms with Gasteiger partial charge in [0.2, 0.25) is 11.8 Å². The summed E-state index contributed by atoms with van der Waals surface area (Å²) in [6.45, 7) is 3.51. The summed E-state index contributed by atoms with van der Waals surface area (Å²) >= 11 is 7.70. The molecule has 0 spiro atoms. The van der Waals surface area contributed by atoms with E-state index in [4.69, 9.17) is 11.6 Å². The number of hydrogen-bond donors (Lipinski definition) is 3. The molecule has 166 valence electrons. The highest BCUT2D eigenvalue weighted by molar-refractivity contribution is 7.09. The first-order chi connectivity index (χ1) is 15.0. The van der Waals surface area contributed by atoms with Crippen molar-refractivity contribution in [1.29, 1.82) is 0 Å². The number of nitrogens with zero attached hydrogens (tertiary/aromatic N) is 2. The molecule has 10 heteroatoms.